The lowest BCUT2D eigenvalue weighted by molar-refractivity contribution is -0.0123. The van der Waals surface area contributed by atoms with E-state index < -0.39 is 0 Å². The molecule has 0 heterocycles. The van der Waals surface area contributed by atoms with Crippen molar-refractivity contribution in [3.8, 4) is 16.9 Å². The van der Waals surface area contributed by atoms with Crippen molar-refractivity contribution in [2.75, 3.05) is 13.2 Å². The second-order valence-corrected chi connectivity index (χ2v) is 8.96. The van der Waals surface area contributed by atoms with Crippen LogP contribution < -0.4 is 4.74 Å². The quantitative estimate of drug-likeness (QED) is 0.271. The van der Waals surface area contributed by atoms with Gasteiger partial charge in [-0.2, -0.15) is 0 Å². The Morgan fingerprint density at radius 2 is 1.32 bits per heavy atom. The predicted octanol–water partition coefficient (Wildman–Crippen LogP) is 8.59. The second-order valence-electron chi connectivity index (χ2n) is 8.96. The molecule has 0 aliphatic heterocycles. The van der Waals surface area contributed by atoms with Gasteiger partial charge in [-0.1, -0.05) is 106 Å². The highest BCUT2D eigenvalue weighted by atomic mass is 16.5. The molecule has 0 fully saturated rings. The molecule has 0 aromatic heterocycles. The second kappa shape index (κ2) is 11.9. The number of ether oxygens (including phenoxy) is 2. The van der Waals surface area contributed by atoms with Gasteiger partial charge in [-0.05, 0) is 58.9 Å². The van der Waals surface area contributed by atoms with E-state index >= 15 is 0 Å². The molecule has 2 nitrogen and oxygen atoms in total. The Morgan fingerprint density at radius 1 is 0.706 bits per heavy atom. The minimum atomic E-state index is -0.374. The third-order valence-electron chi connectivity index (χ3n) is 6.45. The van der Waals surface area contributed by atoms with E-state index in [0.717, 1.165) is 51.1 Å². The summed E-state index contributed by atoms with van der Waals surface area (Å²) >= 11 is 0. The fourth-order valence-electron chi connectivity index (χ4n) is 4.29. The van der Waals surface area contributed by atoms with Gasteiger partial charge in [0.2, 0.25) is 0 Å². The number of hydrogen-bond acceptors (Lipinski definition) is 2. The molecule has 1 aliphatic rings. The van der Waals surface area contributed by atoms with Crippen molar-refractivity contribution in [1.82, 2.24) is 0 Å². The SMILES string of the molecule is CCCCOc1ccc(-c2ccc(C3=CCC(OCCCC)(c4ccccc4)C=C3)cc2)cc1. The van der Waals surface area contributed by atoms with Crippen LogP contribution in [0.3, 0.4) is 0 Å². The molecule has 0 amide bonds. The van der Waals surface area contributed by atoms with Gasteiger partial charge in [0.15, 0.2) is 0 Å². The van der Waals surface area contributed by atoms with E-state index in [1.807, 2.05) is 0 Å². The van der Waals surface area contributed by atoms with Gasteiger partial charge in [-0.25, -0.2) is 0 Å². The third kappa shape index (κ3) is 5.87. The molecule has 1 unspecified atom stereocenters. The molecule has 3 aromatic rings. The zero-order valence-corrected chi connectivity index (χ0v) is 20.5. The summed E-state index contributed by atoms with van der Waals surface area (Å²) in [5.41, 5.74) is 5.74. The van der Waals surface area contributed by atoms with Crippen molar-refractivity contribution in [1.29, 1.82) is 0 Å². The van der Waals surface area contributed by atoms with Gasteiger partial charge in [0, 0.05) is 13.0 Å². The van der Waals surface area contributed by atoms with E-state index in [0.29, 0.717) is 0 Å². The van der Waals surface area contributed by atoms with Crippen LogP contribution in [0.15, 0.2) is 97.1 Å². The van der Waals surface area contributed by atoms with Gasteiger partial charge in [0.05, 0.1) is 6.61 Å². The fourth-order valence-corrected chi connectivity index (χ4v) is 4.29. The number of allylic oxidation sites excluding steroid dienone is 2. The van der Waals surface area contributed by atoms with E-state index in [9.17, 15) is 0 Å². The normalized spacial score (nSPS) is 17.4. The molecule has 1 atom stereocenters. The largest absolute Gasteiger partial charge is 0.494 e. The molecule has 0 saturated carbocycles. The number of benzene rings is 3. The van der Waals surface area contributed by atoms with Gasteiger partial charge in [-0.15, -0.1) is 0 Å². The summed E-state index contributed by atoms with van der Waals surface area (Å²) in [5, 5.41) is 0. The van der Waals surface area contributed by atoms with E-state index in [2.05, 4.69) is 111 Å². The van der Waals surface area contributed by atoms with Crippen molar-refractivity contribution in [2.24, 2.45) is 0 Å². The highest BCUT2D eigenvalue weighted by Gasteiger charge is 2.31. The molecule has 176 valence electrons. The summed E-state index contributed by atoms with van der Waals surface area (Å²) in [7, 11) is 0. The number of unbranched alkanes of at least 4 members (excludes halogenated alkanes) is 2. The molecule has 1 aliphatic carbocycles. The molecule has 3 aromatic carbocycles. The van der Waals surface area contributed by atoms with Gasteiger partial charge in [0.25, 0.3) is 0 Å². The van der Waals surface area contributed by atoms with E-state index in [4.69, 9.17) is 9.47 Å². The van der Waals surface area contributed by atoms with E-state index in [1.54, 1.807) is 0 Å². The highest BCUT2D eigenvalue weighted by molar-refractivity contribution is 5.77. The van der Waals surface area contributed by atoms with Crippen LogP contribution in [0.4, 0.5) is 0 Å². The van der Waals surface area contributed by atoms with Crippen LogP contribution in [0.2, 0.25) is 0 Å². The summed E-state index contributed by atoms with van der Waals surface area (Å²) in [6.07, 6.45) is 12.1. The van der Waals surface area contributed by atoms with Gasteiger partial charge < -0.3 is 9.47 Å². The maximum atomic E-state index is 6.46. The summed E-state index contributed by atoms with van der Waals surface area (Å²) in [4.78, 5) is 0. The van der Waals surface area contributed by atoms with Crippen LogP contribution in [0.25, 0.3) is 16.7 Å². The summed E-state index contributed by atoms with van der Waals surface area (Å²) in [6.45, 7) is 5.93. The first-order valence-electron chi connectivity index (χ1n) is 12.7. The topological polar surface area (TPSA) is 18.5 Å². The summed E-state index contributed by atoms with van der Waals surface area (Å²) < 4.78 is 12.2. The lowest BCUT2D eigenvalue weighted by Crippen LogP contribution is -2.29. The minimum Gasteiger partial charge on any atom is -0.494 e. The Kier molecular flexibility index (Phi) is 8.38. The van der Waals surface area contributed by atoms with Crippen LogP contribution in [0.1, 0.15) is 57.1 Å². The lowest BCUT2D eigenvalue weighted by atomic mass is 9.83. The molecule has 2 heteroatoms. The molecule has 0 saturated heterocycles. The smallest absolute Gasteiger partial charge is 0.119 e. The first kappa shape index (κ1) is 24.0. The Labute approximate surface area is 204 Å². The Balaban J connectivity index is 1.45. The standard InChI is InChI=1S/C32H36O2/c1-3-5-24-33-31-18-16-28(17-19-31)26-12-14-27(15-13-26)29-20-22-32(23-21-29,34-25-6-4-2)30-10-8-7-9-11-30/h7-22H,3-6,23-25H2,1-2H3. The van der Waals surface area contributed by atoms with Crippen LogP contribution in [0.5, 0.6) is 5.75 Å². The third-order valence-corrected chi connectivity index (χ3v) is 6.45. The van der Waals surface area contributed by atoms with Gasteiger partial charge in [-0.3, -0.25) is 0 Å². The lowest BCUT2D eigenvalue weighted by Gasteiger charge is -2.33. The molecule has 0 bridgehead atoms. The Hall–Kier alpha value is -3.10. The average Bonchev–Trinajstić information content (AvgIpc) is 2.90. The zero-order valence-electron chi connectivity index (χ0n) is 20.5. The first-order valence-corrected chi connectivity index (χ1v) is 12.7. The van der Waals surface area contributed by atoms with Crippen LogP contribution in [0, 0.1) is 0 Å². The van der Waals surface area contributed by atoms with Crippen molar-refractivity contribution < 1.29 is 9.47 Å². The van der Waals surface area contributed by atoms with E-state index in [-0.39, 0.29) is 5.60 Å². The first-order chi connectivity index (χ1) is 16.7. The molecule has 34 heavy (non-hydrogen) atoms. The highest BCUT2D eigenvalue weighted by Crippen LogP contribution is 2.38. The average molecular weight is 453 g/mol. The van der Waals surface area contributed by atoms with Crippen molar-refractivity contribution in [3.63, 3.8) is 0 Å². The monoisotopic (exact) mass is 452 g/mol. The maximum Gasteiger partial charge on any atom is 0.119 e. The fraction of sp³-hybridized carbons (Fsp3) is 0.312. The van der Waals surface area contributed by atoms with Crippen molar-refractivity contribution in [3.05, 3.63) is 108 Å². The van der Waals surface area contributed by atoms with Crippen LogP contribution in [-0.4, -0.2) is 13.2 Å². The number of rotatable bonds is 11. The van der Waals surface area contributed by atoms with Gasteiger partial charge in [0.1, 0.15) is 11.4 Å². The minimum absolute atomic E-state index is 0.374. The van der Waals surface area contributed by atoms with E-state index in [1.165, 1.54) is 27.8 Å². The van der Waals surface area contributed by atoms with Crippen LogP contribution >= 0.6 is 0 Å². The van der Waals surface area contributed by atoms with Crippen molar-refractivity contribution in [2.45, 2.75) is 51.6 Å². The zero-order chi connectivity index (χ0) is 23.6. The Bertz CT molecular complexity index is 1080. The summed E-state index contributed by atoms with van der Waals surface area (Å²) in [6, 6.07) is 27.8. The van der Waals surface area contributed by atoms with Gasteiger partial charge >= 0.3 is 0 Å². The maximum absolute atomic E-state index is 6.46. The Morgan fingerprint density at radius 3 is 1.94 bits per heavy atom. The molecule has 0 radical (unpaired) electrons. The van der Waals surface area contributed by atoms with Crippen molar-refractivity contribution >= 4 is 5.57 Å². The van der Waals surface area contributed by atoms with Crippen LogP contribution in [-0.2, 0) is 10.3 Å². The molecule has 0 N–H and O–H groups in total. The molecular formula is C32H36O2. The predicted molar refractivity (Wildman–Crippen MR) is 143 cm³/mol. The molecular weight excluding hydrogens is 416 g/mol. The molecule has 4 rings (SSSR count). The number of hydrogen-bond donors (Lipinski definition) is 0. The summed E-state index contributed by atoms with van der Waals surface area (Å²) in [5.74, 6) is 0.939. The molecule has 0 spiro atoms.